The van der Waals surface area contributed by atoms with Gasteiger partial charge in [0.15, 0.2) is 6.54 Å². The average molecular weight is 402 g/mol. The van der Waals surface area contributed by atoms with Crippen LogP contribution in [0.15, 0.2) is 34.7 Å². The third-order valence-electron chi connectivity index (χ3n) is 2.27. The van der Waals surface area contributed by atoms with E-state index in [1.54, 1.807) is 0 Å². The van der Waals surface area contributed by atoms with Gasteiger partial charge in [0.25, 0.3) is 0 Å². The first-order chi connectivity index (χ1) is 13.4. The van der Waals surface area contributed by atoms with Gasteiger partial charge >= 0.3 is 30.3 Å². The first-order valence-electron chi connectivity index (χ1n) is 7.72. The minimum absolute atomic E-state index is 0.133. The molecule has 3 N–H and O–H groups in total. The number of esters is 1. The van der Waals surface area contributed by atoms with Crippen molar-refractivity contribution in [1.29, 1.82) is 0 Å². The summed E-state index contributed by atoms with van der Waals surface area (Å²) >= 11 is 0. The van der Waals surface area contributed by atoms with Crippen molar-refractivity contribution in [2.45, 2.75) is 0 Å². The summed E-state index contributed by atoms with van der Waals surface area (Å²) in [7, 11) is 0. The van der Waals surface area contributed by atoms with Crippen LogP contribution in [-0.4, -0.2) is 80.0 Å². The van der Waals surface area contributed by atoms with Gasteiger partial charge in [-0.1, -0.05) is 0 Å². The second-order valence-corrected chi connectivity index (χ2v) is 4.43. The van der Waals surface area contributed by atoms with E-state index in [4.69, 9.17) is 19.7 Å². The Hall–Kier alpha value is -3.45. The van der Waals surface area contributed by atoms with Crippen LogP contribution in [0.5, 0.6) is 0 Å². The second kappa shape index (κ2) is 17.0. The third kappa shape index (κ3) is 18.9. The number of carbonyl (C=O) groups is 4. The molecule has 0 saturated heterocycles. The molecule has 0 aliphatic carbocycles. The number of aliphatic carboxylic acids is 2. The molecule has 0 heterocycles. The number of carboxylic acid groups (broad SMARTS) is 2. The van der Waals surface area contributed by atoms with E-state index in [9.17, 15) is 19.2 Å². The highest BCUT2D eigenvalue weighted by Crippen LogP contribution is 1.86. The Labute approximate surface area is 158 Å². The number of hydrogen-bond donors (Lipinski definition) is 3. The van der Waals surface area contributed by atoms with Gasteiger partial charge in [0.2, 0.25) is 0 Å². The first-order valence-corrected chi connectivity index (χ1v) is 7.72. The number of rotatable bonds is 15. The summed E-state index contributed by atoms with van der Waals surface area (Å²) in [5.41, 5.74) is 0. The van der Waals surface area contributed by atoms with E-state index in [2.05, 4.69) is 25.0 Å². The van der Waals surface area contributed by atoms with Crippen LogP contribution in [0, 0.1) is 0 Å². The molecule has 0 unspecified atom stereocenters. The van der Waals surface area contributed by atoms with Gasteiger partial charge in [0.05, 0.1) is 26.4 Å². The van der Waals surface area contributed by atoms with Gasteiger partial charge in [-0.05, 0) is 0 Å². The van der Waals surface area contributed by atoms with E-state index in [0.29, 0.717) is 38.0 Å². The summed E-state index contributed by atoms with van der Waals surface area (Å²) in [6, 6.07) is 0. The van der Waals surface area contributed by atoms with Crippen molar-refractivity contribution in [3.05, 3.63) is 24.3 Å². The second-order valence-electron chi connectivity index (χ2n) is 4.43. The fraction of sp³-hybridized carbons (Fsp3) is 0.400. The lowest BCUT2D eigenvalue weighted by atomic mass is 10.5. The Morgan fingerprint density at radius 3 is 2.07 bits per heavy atom. The van der Waals surface area contributed by atoms with Gasteiger partial charge in [-0.2, -0.15) is 5.11 Å². The maximum absolute atomic E-state index is 11.0. The SMILES string of the molecule is O=C(O)/C=C\C(=O)OC=[NH+]CCOCCOCCN=NOC(=O)/C=C\C(=O)O. The van der Waals surface area contributed by atoms with E-state index in [-0.39, 0.29) is 19.8 Å². The molecule has 0 bridgehead atoms. The predicted octanol–water partition coefficient (Wildman–Crippen LogP) is -2.14. The molecule has 0 amide bonds. The van der Waals surface area contributed by atoms with Gasteiger partial charge in [-0.15, -0.1) is 0 Å². The van der Waals surface area contributed by atoms with Crippen LogP contribution in [0.2, 0.25) is 0 Å². The van der Waals surface area contributed by atoms with E-state index >= 15 is 0 Å². The van der Waals surface area contributed by atoms with Crippen molar-refractivity contribution in [1.82, 2.24) is 0 Å². The number of carbonyl (C=O) groups excluding carboxylic acids is 2. The Balaban J connectivity index is 3.48. The Kier molecular flexibility index (Phi) is 14.9. The summed E-state index contributed by atoms with van der Waals surface area (Å²) in [6.07, 6.45) is 3.76. The zero-order chi connectivity index (χ0) is 21.0. The zero-order valence-electron chi connectivity index (χ0n) is 14.7. The molecular formula is C15H20N3O10+. The number of ether oxygens (including phenoxy) is 3. The fourth-order valence-corrected chi connectivity index (χ4v) is 1.18. The molecule has 0 saturated carbocycles. The molecule has 0 spiro atoms. The lowest BCUT2D eigenvalue weighted by Crippen LogP contribution is -2.70. The molecule has 0 aliphatic heterocycles. The van der Waals surface area contributed by atoms with Gasteiger partial charge in [0, 0.05) is 29.6 Å². The molecular weight excluding hydrogens is 382 g/mol. The van der Waals surface area contributed by atoms with E-state index in [0.717, 1.165) is 12.5 Å². The normalized spacial score (nSPS) is 11.6. The molecule has 0 atom stereocenters. The van der Waals surface area contributed by atoms with Crippen molar-refractivity contribution in [3.63, 3.8) is 0 Å². The summed E-state index contributed by atoms with van der Waals surface area (Å²) in [4.78, 5) is 49.1. The summed E-state index contributed by atoms with van der Waals surface area (Å²) in [6.45, 7) is 1.59. The summed E-state index contributed by atoms with van der Waals surface area (Å²) in [5.74, 6) is -4.32. The maximum atomic E-state index is 11.0. The monoisotopic (exact) mass is 402 g/mol. The molecule has 13 nitrogen and oxygen atoms in total. The number of nitrogens with one attached hydrogen (secondary N) is 1. The predicted molar refractivity (Wildman–Crippen MR) is 89.0 cm³/mol. The van der Waals surface area contributed by atoms with Crippen LogP contribution in [0.4, 0.5) is 0 Å². The smallest absolute Gasteiger partial charge is 0.360 e. The highest BCUT2D eigenvalue weighted by molar-refractivity contribution is 5.93. The maximum Gasteiger partial charge on any atom is 0.360 e. The van der Waals surface area contributed by atoms with Crippen molar-refractivity contribution in [2.24, 2.45) is 10.4 Å². The molecule has 0 fully saturated rings. The molecule has 0 radical (unpaired) electrons. The van der Waals surface area contributed by atoms with Gasteiger partial charge < -0.3 is 24.4 Å². The van der Waals surface area contributed by atoms with Crippen molar-refractivity contribution in [3.8, 4) is 0 Å². The minimum atomic E-state index is -1.28. The van der Waals surface area contributed by atoms with Gasteiger partial charge in [-0.3, -0.25) is 4.84 Å². The number of carboxylic acids is 2. The standard InChI is InChI=1S/C15H19N3O10/c19-12(20)1-3-14(23)27-11-16-5-7-25-9-10-26-8-6-17-18-28-15(24)4-2-13(21)22/h1-4,11H,5-10H2,(H,19,20)(H,21,22)/p+1/b3-1-,4-2-,16-11?,18-17?. The molecule has 154 valence electrons. The summed E-state index contributed by atoms with van der Waals surface area (Å²) < 4.78 is 14.9. The van der Waals surface area contributed by atoms with E-state index in [1.807, 2.05) is 0 Å². The topological polar surface area (TPSA) is 184 Å². The first kappa shape index (κ1) is 24.6. The molecule has 0 aromatic carbocycles. The van der Waals surface area contributed by atoms with Crippen molar-refractivity contribution < 1.29 is 53.4 Å². The highest BCUT2D eigenvalue weighted by Gasteiger charge is 1.98. The minimum Gasteiger partial charge on any atom is -0.478 e. The Morgan fingerprint density at radius 1 is 0.821 bits per heavy atom. The van der Waals surface area contributed by atoms with E-state index in [1.165, 1.54) is 0 Å². The molecule has 13 heteroatoms. The van der Waals surface area contributed by atoms with Crippen molar-refractivity contribution in [2.75, 3.05) is 39.5 Å². The van der Waals surface area contributed by atoms with Crippen LogP contribution in [0.3, 0.4) is 0 Å². The lowest BCUT2D eigenvalue weighted by molar-refractivity contribution is -0.463. The molecule has 0 aromatic heterocycles. The fourth-order valence-electron chi connectivity index (χ4n) is 1.18. The molecule has 0 aromatic rings. The summed E-state index contributed by atoms with van der Waals surface area (Å²) in [5, 5.41) is 23.2. The van der Waals surface area contributed by atoms with Crippen LogP contribution >= 0.6 is 0 Å². The Bertz CT molecular complexity index is 574. The lowest BCUT2D eigenvalue weighted by Gasteiger charge is -2.01. The van der Waals surface area contributed by atoms with Crippen molar-refractivity contribution >= 4 is 30.3 Å². The number of hydrogen-bond acceptors (Lipinski definition) is 10. The van der Waals surface area contributed by atoms with Crippen LogP contribution < -0.4 is 4.99 Å². The average Bonchev–Trinajstić information content (AvgIpc) is 2.64. The molecule has 0 rings (SSSR count). The molecule has 28 heavy (non-hydrogen) atoms. The van der Waals surface area contributed by atoms with Gasteiger partial charge in [0.1, 0.15) is 6.61 Å². The van der Waals surface area contributed by atoms with Gasteiger partial charge in [-0.25, -0.2) is 24.2 Å². The number of nitrogens with zero attached hydrogens (tertiary/aromatic N) is 2. The highest BCUT2D eigenvalue weighted by atomic mass is 16.7. The third-order valence-corrected chi connectivity index (χ3v) is 2.27. The van der Waals surface area contributed by atoms with Crippen LogP contribution in [-0.2, 0) is 38.2 Å². The van der Waals surface area contributed by atoms with E-state index < -0.39 is 23.9 Å². The zero-order valence-corrected chi connectivity index (χ0v) is 14.7. The van der Waals surface area contributed by atoms with Crippen LogP contribution in [0.25, 0.3) is 0 Å². The quantitative estimate of drug-likeness (QED) is 0.0519. The molecule has 0 aliphatic rings. The largest absolute Gasteiger partial charge is 0.478 e. The van der Waals surface area contributed by atoms with Crippen LogP contribution in [0.1, 0.15) is 0 Å². The Morgan fingerprint density at radius 2 is 1.43 bits per heavy atom.